The van der Waals surface area contributed by atoms with E-state index in [1.165, 1.54) is 89.4 Å². The van der Waals surface area contributed by atoms with Gasteiger partial charge in [-0.15, -0.1) is 0 Å². The molecule has 0 spiro atoms. The molecule has 0 N–H and O–H groups in total. The molecule has 1 saturated heterocycles. The summed E-state index contributed by atoms with van der Waals surface area (Å²) in [5.74, 6) is 1.24. The standard InChI is InChI=1S/C23H38N2O/c1-2-3-4-5-6-7-8-9-10-11-15-24-17-20-16-21(19-24)22-13-12-14-23(26)25(22)18-20/h12-14,20-21H,2-11,15-19H2,1H3. The highest BCUT2D eigenvalue weighted by Crippen LogP contribution is 2.34. The zero-order valence-electron chi connectivity index (χ0n) is 16.8. The summed E-state index contributed by atoms with van der Waals surface area (Å²) in [5, 5.41) is 0. The molecule has 2 aliphatic heterocycles. The van der Waals surface area contributed by atoms with Crippen molar-refractivity contribution < 1.29 is 0 Å². The van der Waals surface area contributed by atoms with E-state index in [0.29, 0.717) is 11.8 Å². The molecule has 2 unspecified atom stereocenters. The minimum absolute atomic E-state index is 0.195. The fourth-order valence-corrected chi connectivity index (χ4v) is 5.00. The average Bonchev–Trinajstić information content (AvgIpc) is 2.64. The van der Waals surface area contributed by atoms with Gasteiger partial charge in [-0.05, 0) is 31.4 Å². The lowest BCUT2D eigenvalue weighted by Gasteiger charge is -2.42. The number of aromatic nitrogens is 1. The zero-order chi connectivity index (χ0) is 18.2. The van der Waals surface area contributed by atoms with Gasteiger partial charge in [0.05, 0.1) is 0 Å². The summed E-state index contributed by atoms with van der Waals surface area (Å²) in [5.41, 5.74) is 1.47. The lowest BCUT2D eigenvalue weighted by Crippen LogP contribution is -2.47. The van der Waals surface area contributed by atoms with Crippen molar-refractivity contribution >= 4 is 0 Å². The molecule has 1 fully saturated rings. The Hall–Kier alpha value is -1.09. The molecule has 0 aliphatic carbocycles. The highest BCUT2D eigenvalue weighted by molar-refractivity contribution is 5.16. The van der Waals surface area contributed by atoms with E-state index in [-0.39, 0.29) is 5.56 Å². The van der Waals surface area contributed by atoms with Gasteiger partial charge in [-0.2, -0.15) is 0 Å². The molecule has 3 heteroatoms. The van der Waals surface area contributed by atoms with Crippen molar-refractivity contribution in [3.8, 4) is 0 Å². The monoisotopic (exact) mass is 358 g/mol. The van der Waals surface area contributed by atoms with Crippen LogP contribution in [0.25, 0.3) is 0 Å². The molecule has 0 aromatic carbocycles. The van der Waals surface area contributed by atoms with Crippen molar-refractivity contribution in [1.82, 2.24) is 9.47 Å². The van der Waals surface area contributed by atoms with Crippen LogP contribution in [-0.4, -0.2) is 29.1 Å². The third-order valence-corrected chi connectivity index (χ3v) is 6.38. The van der Waals surface area contributed by atoms with Crippen LogP contribution in [0.4, 0.5) is 0 Å². The van der Waals surface area contributed by atoms with E-state index in [1.807, 2.05) is 10.6 Å². The molecule has 2 bridgehead atoms. The quantitative estimate of drug-likeness (QED) is 0.509. The van der Waals surface area contributed by atoms with Gasteiger partial charge in [0.1, 0.15) is 0 Å². The largest absolute Gasteiger partial charge is 0.312 e. The van der Waals surface area contributed by atoms with Crippen molar-refractivity contribution in [1.29, 1.82) is 0 Å². The fourth-order valence-electron chi connectivity index (χ4n) is 5.00. The number of likely N-dealkylation sites (tertiary alicyclic amines) is 1. The molecule has 0 saturated carbocycles. The van der Waals surface area contributed by atoms with E-state index < -0.39 is 0 Å². The highest BCUT2D eigenvalue weighted by atomic mass is 16.1. The van der Waals surface area contributed by atoms with Crippen LogP contribution in [0.15, 0.2) is 23.0 Å². The topological polar surface area (TPSA) is 25.2 Å². The normalized spacial score (nSPS) is 22.3. The lowest BCUT2D eigenvalue weighted by atomic mass is 9.83. The first-order valence-electron chi connectivity index (χ1n) is 11.2. The summed E-state index contributed by atoms with van der Waals surface area (Å²) < 4.78 is 2.04. The maximum absolute atomic E-state index is 12.1. The van der Waals surface area contributed by atoms with Crippen LogP contribution in [0.5, 0.6) is 0 Å². The van der Waals surface area contributed by atoms with Crippen molar-refractivity contribution in [3.05, 3.63) is 34.2 Å². The second kappa shape index (κ2) is 10.3. The first-order valence-corrected chi connectivity index (χ1v) is 11.2. The number of piperidine rings is 1. The van der Waals surface area contributed by atoms with Crippen molar-refractivity contribution in [2.24, 2.45) is 5.92 Å². The summed E-state index contributed by atoms with van der Waals surface area (Å²) in [4.78, 5) is 14.8. The van der Waals surface area contributed by atoms with Gasteiger partial charge < -0.3 is 9.47 Å². The van der Waals surface area contributed by atoms with Crippen LogP contribution in [0.1, 0.15) is 89.2 Å². The van der Waals surface area contributed by atoms with Gasteiger partial charge >= 0.3 is 0 Å². The number of unbranched alkanes of at least 4 members (excludes halogenated alkanes) is 9. The molecule has 3 nitrogen and oxygen atoms in total. The Balaban J connectivity index is 1.31. The summed E-state index contributed by atoms with van der Waals surface area (Å²) in [6.07, 6.45) is 15.3. The van der Waals surface area contributed by atoms with Gasteiger partial charge in [0.25, 0.3) is 5.56 Å². The third-order valence-electron chi connectivity index (χ3n) is 6.38. The van der Waals surface area contributed by atoms with Crippen LogP contribution >= 0.6 is 0 Å². The minimum Gasteiger partial charge on any atom is -0.312 e. The molecule has 1 aromatic heterocycles. The van der Waals surface area contributed by atoms with Crippen molar-refractivity contribution in [3.63, 3.8) is 0 Å². The summed E-state index contributed by atoms with van der Waals surface area (Å²) in [6.45, 7) is 6.81. The molecule has 2 atom stereocenters. The molecule has 0 radical (unpaired) electrons. The number of rotatable bonds is 11. The maximum atomic E-state index is 12.1. The van der Waals surface area contributed by atoms with Gasteiger partial charge in [0.15, 0.2) is 0 Å². The number of nitrogens with zero attached hydrogens (tertiary/aromatic N) is 2. The Labute approximate surface area is 159 Å². The van der Waals surface area contributed by atoms with Crippen LogP contribution in [0, 0.1) is 5.92 Å². The van der Waals surface area contributed by atoms with Crippen LogP contribution in [-0.2, 0) is 6.54 Å². The maximum Gasteiger partial charge on any atom is 0.250 e. The summed E-state index contributed by atoms with van der Waals surface area (Å²) in [7, 11) is 0. The Morgan fingerprint density at radius 1 is 0.885 bits per heavy atom. The fraction of sp³-hybridized carbons (Fsp3) is 0.783. The predicted octanol–water partition coefficient (Wildman–Crippen LogP) is 5.19. The first-order chi connectivity index (χ1) is 12.8. The SMILES string of the molecule is CCCCCCCCCCCCN1CC2CC(C1)c1cccc(=O)n1C2. The molecule has 2 aliphatic rings. The summed E-state index contributed by atoms with van der Waals surface area (Å²) >= 11 is 0. The van der Waals surface area contributed by atoms with E-state index in [1.54, 1.807) is 6.07 Å². The smallest absolute Gasteiger partial charge is 0.250 e. The number of hydrogen-bond acceptors (Lipinski definition) is 2. The highest BCUT2D eigenvalue weighted by Gasteiger charge is 2.33. The molecule has 146 valence electrons. The van der Waals surface area contributed by atoms with E-state index in [2.05, 4.69) is 17.9 Å². The van der Waals surface area contributed by atoms with Gasteiger partial charge in [-0.1, -0.05) is 70.8 Å². The number of fused-ring (bicyclic) bond motifs is 4. The second-order valence-electron chi connectivity index (χ2n) is 8.64. The van der Waals surface area contributed by atoms with Crippen molar-refractivity contribution in [2.75, 3.05) is 19.6 Å². The van der Waals surface area contributed by atoms with Gasteiger partial charge in [-0.3, -0.25) is 4.79 Å². The zero-order valence-corrected chi connectivity index (χ0v) is 16.8. The van der Waals surface area contributed by atoms with Gasteiger partial charge in [-0.25, -0.2) is 0 Å². The summed E-state index contributed by atoms with van der Waals surface area (Å²) in [6, 6.07) is 5.83. The Kier molecular flexibility index (Phi) is 7.79. The van der Waals surface area contributed by atoms with Crippen LogP contribution in [0.3, 0.4) is 0 Å². The second-order valence-corrected chi connectivity index (χ2v) is 8.64. The molecule has 0 amide bonds. The predicted molar refractivity (Wildman–Crippen MR) is 110 cm³/mol. The van der Waals surface area contributed by atoms with E-state index in [0.717, 1.165) is 13.1 Å². The average molecular weight is 359 g/mol. The molecule has 26 heavy (non-hydrogen) atoms. The number of pyridine rings is 1. The number of hydrogen-bond donors (Lipinski definition) is 0. The van der Waals surface area contributed by atoms with E-state index in [9.17, 15) is 4.79 Å². The third kappa shape index (κ3) is 5.45. The van der Waals surface area contributed by atoms with E-state index in [4.69, 9.17) is 0 Å². The van der Waals surface area contributed by atoms with E-state index >= 15 is 0 Å². The molecule has 1 aromatic rings. The van der Waals surface area contributed by atoms with Gasteiger partial charge in [0.2, 0.25) is 0 Å². The Morgan fingerprint density at radius 3 is 2.31 bits per heavy atom. The lowest BCUT2D eigenvalue weighted by molar-refractivity contribution is 0.118. The Morgan fingerprint density at radius 2 is 1.58 bits per heavy atom. The minimum atomic E-state index is 0.195. The molecular weight excluding hydrogens is 320 g/mol. The van der Waals surface area contributed by atoms with Crippen LogP contribution < -0.4 is 5.56 Å². The molecule has 3 rings (SSSR count). The van der Waals surface area contributed by atoms with Crippen molar-refractivity contribution in [2.45, 2.75) is 90.0 Å². The van der Waals surface area contributed by atoms with Crippen LogP contribution in [0.2, 0.25) is 0 Å². The van der Waals surface area contributed by atoms with Gasteiger partial charge in [0, 0.05) is 37.3 Å². The first kappa shape index (κ1) is 19.7. The molecule has 3 heterocycles. The Bertz CT molecular complexity index is 594. The molecular formula is C23H38N2O.